The SMILES string of the molecule is CCCCCCCOC(=O)CC(O)(CCCC(C)(C)O)C(=O)OC1C(OC)=C[C@]23CCCN2CCc2cc4c(cc2[C@H]13)OCO4. The maximum atomic E-state index is 14.1. The number of aliphatic hydroxyl groups is 2. The Bertz CT molecular complexity index is 1260. The van der Waals surface area contributed by atoms with Crippen LogP contribution in [-0.4, -0.2) is 83.5 Å². The van der Waals surface area contributed by atoms with E-state index in [-0.39, 0.29) is 25.7 Å². The van der Waals surface area contributed by atoms with Gasteiger partial charge in [0.1, 0.15) is 5.76 Å². The van der Waals surface area contributed by atoms with Crippen molar-refractivity contribution in [3.05, 3.63) is 35.1 Å². The average Bonchev–Trinajstić information content (AvgIpc) is 3.67. The first-order valence-electron chi connectivity index (χ1n) is 16.8. The molecule has 2 unspecified atom stereocenters. The lowest BCUT2D eigenvalue weighted by molar-refractivity contribution is -0.179. The fourth-order valence-corrected chi connectivity index (χ4v) is 7.58. The van der Waals surface area contributed by atoms with Crippen molar-refractivity contribution in [3.8, 4) is 11.5 Å². The number of fused-ring (bicyclic) bond motifs is 3. The van der Waals surface area contributed by atoms with E-state index in [9.17, 15) is 19.8 Å². The van der Waals surface area contributed by atoms with Gasteiger partial charge in [-0.3, -0.25) is 9.69 Å². The third kappa shape index (κ3) is 7.28. The molecule has 10 nitrogen and oxygen atoms in total. The molecule has 4 aliphatic rings. The van der Waals surface area contributed by atoms with E-state index in [2.05, 4.69) is 17.9 Å². The van der Waals surface area contributed by atoms with Gasteiger partial charge in [-0.1, -0.05) is 32.6 Å². The Balaban J connectivity index is 1.40. The first-order valence-corrected chi connectivity index (χ1v) is 16.8. The van der Waals surface area contributed by atoms with Crippen LogP contribution in [0, 0.1) is 0 Å². The molecule has 10 heteroatoms. The summed E-state index contributed by atoms with van der Waals surface area (Å²) in [5.41, 5.74) is -1.43. The number of benzene rings is 1. The van der Waals surface area contributed by atoms with Crippen LogP contribution in [0.4, 0.5) is 0 Å². The lowest BCUT2D eigenvalue weighted by atomic mass is 9.77. The minimum Gasteiger partial charge on any atom is -0.497 e. The second kappa shape index (κ2) is 13.9. The van der Waals surface area contributed by atoms with Crippen molar-refractivity contribution >= 4 is 11.9 Å². The molecule has 3 aliphatic heterocycles. The number of carbonyl (C=O) groups is 2. The Labute approximate surface area is 267 Å². The Morgan fingerprint density at radius 2 is 1.80 bits per heavy atom. The van der Waals surface area contributed by atoms with Gasteiger partial charge in [0.05, 0.1) is 37.2 Å². The van der Waals surface area contributed by atoms with E-state index in [0.29, 0.717) is 30.1 Å². The summed E-state index contributed by atoms with van der Waals surface area (Å²) in [5, 5.41) is 22.1. The van der Waals surface area contributed by atoms with E-state index < -0.39 is 41.2 Å². The molecule has 0 aromatic heterocycles. The number of hydrogen-bond donors (Lipinski definition) is 2. The number of unbranched alkanes of at least 4 members (excludes halogenated alkanes) is 4. The lowest BCUT2D eigenvalue weighted by Gasteiger charge is -2.39. The largest absolute Gasteiger partial charge is 0.497 e. The quantitative estimate of drug-likeness (QED) is 0.204. The molecule has 0 bridgehead atoms. The number of ether oxygens (including phenoxy) is 5. The zero-order chi connectivity index (χ0) is 32.2. The number of methoxy groups -OCH3 is 1. The second-order valence-electron chi connectivity index (χ2n) is 13.8. The fourth-order valence-electron chi connectivity index (χ4n) is 7.58. The summed E-state index contributed by atoms with van der Waals surface area (Å²) in [6.07, 6.45) is 9.03. The summed E-state index contributed by atoms with van der Waals surface area (Å²) < 4.78 is 29.1. The molecule has 1 aliphatic carbocycles. The molecule has 1 fully saturated rings. The van der Waals surface area contributed by atoms with Crippen molar-refractivity contribution in [1.29, 1.82) is 0 Å². The van der Waals surface area contributed by atoms with Crippen LogP contribution in [0.3, 0.4) is 0 Å². The molecule has 250 valence electrons. The average molecular weight is 630 g/mol. The number of rotatable bonds is 15. The molecule has 1 saturated heterocycles. The first kappa shape index (κ1) is 33.5. The topological polar surface area (TPSA) is 124 Å². The molecule has 5 rings (SSSR count). The van der Waals surface area contributed by atoms with Crippen molar-refractivity contribution < 1.29 is 43.5 Å². The summed E-state index contributed by atoms with van der Waals surface area (Å²) in [6.45, 7) is 7.64. The van der Waals surface area contributed by atoms with E-state index in [1.54, 1.807) is 21.0 Å². The predicted octanol–water partition coefficient (Wildman–Crippen LogP) is 4.92. The van der Waals surface area contributed by atoms with Crippen LogP contribution in [0.2, 0.25) is 0 Å². The highest BCUT2D eigenvalue weighted by atomic mass is 16.7. The Hall–Kier alpha value is -2.82. The van der Waals surface area contributed by atoms with Crippen molar-refractivity contribution in [2.45, 2.75) is 127 Å². The van der Waals surface area contributed by atoms with E-state index >= 15 is 0 Å². The van der Waals surface area contributed by atoms with Crippen LogP contribution in [-0.2, 0) is 30.2 Å². The number of carbonyl (C=O) groups excluding carboxylic acids is 2. The van der Waals surface area contributed by atoms with E-state index in [1.165, 1.54) is 0 Å². The minimum absolute atomic E-state index is 0.0582. The van der Waals surface area contributed by atoms with E-state index in [0.717, 1.165) is 75.6 Å². The van der Waals surface area contributed by atoms with Gasteiger partial charge in [0.25, 0.3) is 0 Å². The van der Waals surface area contributed by atoms with Crippen LogP contribution < -0.4 is 9.47 Å². The summed E-state index contributed by atoms with van der Waals surface area (Å²) >= 11 is 0. The molecular formula is C35H51NO9. The van der Waals surface area contributed by atoms with Crippen LogP contribution >= 0.6 is 0 Å². The van der Waals surface area contributed by atoms with Gasteiger partial charge in [0, 0.05) is 6.54 Å². The van der Waals surface area contributed by atoms with Crippen LogP contribution in [0.15, 0.2) is 24.0 Å². The van der Waals surface area contributed by atoms with Crippen LogP contribution in [0.25, 0.3) is 0 Å². The second-order valence-corrected chi connectivity index (χ2v) is 13.8. The zero-order valence-corrected chi connectivity index (χ0v) is 27.4. The monoisotopic (exact) mass is 629 g/mol. The van der Waals surface area contributed by atoms with Crippen LogP contribution in [0.5, 0.6) is 11.5 Å². The molecule has 45 heavy (non-hydrogen) atoms. The molecule has 1 spiro atoms. The third-order valence-electron chi connectivity index (χ3n) is 9.90. The summed E-state index contributed by atoms with van der Waals surface area (Å²) in [5.74, 6) is 0.0569. The van der Waals surface area contributed by atoms with Gasteiger partial charge in [0.2, 0.25) is 6.79 Å². The van der Waals surface area contributed by atoms with Crippen molar-refractivity contribution in [2.24, 2.45) is 0 Å². The molecule has 0 radical (unpaired) electrons. The van der Waals surface area contributed by atoms with Gasteiger partial charge in [-0.2, -0.15) is 0 Å². The highest BCUT2D eigenvalue weighted by molar-refractivity contribution is 5.86. The summed E-state index contributed by atoms with van der Waals surface area (Å²) in [6, 6.07) is 4.04. The highest BCUT2D eigenvalue weighted by Crippen LogP contribution is 2.55. The number of hydrogen-bond acceptors (Lipinski definition) is 10. The first-order chi connectivity index (χ1) is 21.5. The summed E-state index contributed by atoms with van der Waals surface area (Å²) in [4.78, 5) is 29.5. The van der Waals surface area contributed by atoms with Gasteiger partial charge >= 0.3 is 11.9 Å². The van der Waals surface area contributed by atoms with Crippen molar-refractivity contribution in [3.63, 3.8) is 0 Å². The molecule has 0 amide bonds. The Morgan fingerprint density at radius 3 is 2.53 bits per heavy atom. The third-order valence-corrected chi connectivity index (χ3v) is 9.90. The van der Waals surface area contributed by atoms with Gasteiger partial charge in [-0.05, 0) is 94.7 Å². The normalized spacial score (nSPS) is 25.0. The van der Waals surface area contributed by atoms with Gasteiger partial charge in [-0.15, -0.1) is 0 Å². The molecule has 0 saturated carbocycles. The van der Waals surface area contributed by atoms with Crippen molar-refractivity contribution in [1.82, 2.24) is 4.90 Å². The van der Waals surface area contributed by atoms with Crippen LogP contribution in [0.1, 0.15) is 108 Å². The number of nitrogens with zero attached hydrogens (tertiary/aromatic N) is 1. The van der Waals surface area contributed by atoms with Gasteiger partial charge in [0.15, 0.2) is 23.2 Å². The molecule has 3 heterocycles. The Kier molecular flexibility index (Phi) is 10.4. The van der Waals surface area contributed by atoms with E-state index in [4.69, 9.17) is 23.7 Å². The van der Waals surface area contributed by atoms with E-state index in [1.807, 2.05) is 12.1 Å². The van der Waals surface area contributed by atoms with Gasteiger partial charge in [-0.25, -0.2) is 4.79 Å². The Morgan fingerprint density at radius 1 is 1.04 bits per heavy atom. The standard InChI is InChI=1S/C35H51NO9/c1-5-6-7-8-9-18-42-29(37)22-35(40,15-10-13-33(2,3)39)32(38)45-31-28(41-4)21-34-14-11-16-36(34)17-12-24-19-26-27(44-23-43-26)20-25(24)30(31)34/h19-21,30-31,39-40H,5-18,22-23H2,1-4H3/t30-,31?,34+,35?/m1/s1. The maximum absolute atomic E-state index is 14.1. The molecule has 1 aromatic carbocycles. The zero-order valence-electron chi connectivity index (χ0n) is 27.4. The molecule has 4 atom stereocenters. The minimum atomic E-state index is -2.13. The van der Waals surface area contributed by atoms with Crippen molar-refractivity contribution in [2.75, 3.05) is 33.6 Å². The number of esters is 2. The highest BCUT2D eigenvalue weighted by Gasteiger charge is 2.59. The smallest absolute Gasteiger partial charge is 0.339 e. The summed E-state index contributed by atoms with van der Waals surface area (Å²) in [7, 11) is 1.57. The fraction of sp³-hybridized carbons (Fsp3) is 0.714. The van der Waals surface area contributed by atoms with Gasteiger partial charge < -0.3 is 33.9 Å². The maximum Gasteiger partial charge on any atom is 0.339 e. The molecular weight excluding hydrogens is 578 g/mol. The molecule has 1 aromatic rings. The lowest BCUT2D eigenvalue weighted by Crippen LogP contribution is -2.49. The predicted molar refractivity (Wildman–Crippen MR) is 167 cm³/mol. The molecule has 2 N–H and O–H groups in total.